The van der Waals surface area contributed by atoms with Gasteiger partial charge in [0.25, 0.3) is 0 Å². The van der Waals surface area contributed by atoms with Crippen LogP contribution in [0.2, 0.25) is 0 Å². The number of carbonyl (C=O) groups is 3. The van der Waals surface area contributed by atoms with Crippen molar-refractivity contribution in [3.63, 3.8) is 0 Å². The van der Waals surface area contributed by atoms with E-state index in [2.05, 4.69) is 0 Å². The number of hydrogen-bond acceptors (Lipinski definition) is 5. The van der Waals surface area contributed by atoms with Gasteiger partial charge in [0.2, 0.25) is 5.24 Å². The first kappa shape index (κ1) is 20.6. The van der Waals surface area contributed by atoms with E-state index in [0.717, 1.165) is 11.1 Å². The molecule has 0 radical (unpaired) electrons. The second-order valence-corrected chi connectivity index (χ2v) is 6.84. The second kappa shape index (κ2) is 8.82. The summed E-state index contributed by atoms with van der Waals surface area (Å²) in [7, 11) is 0. The molecule has 0 atom stereocenters. The van der Waals surface area contributed by atoms with Crippen LogP contribution in [-0.2, 0) is 19.8 Å². The summed E-state index contributed by atoms with van der Waals surface area (Å²) in [6.45, 7) is 4.69. The fourth-order valence-corrected chi connectivity index (χ4v) is 3.01. The van der Waals surface area contributed by atoms with Crippen molar-refractivity contribution in [3.05, 3.63) is 59.7 Å². The zero-order chi connectivity index (χ0) is 20.0. The molecule has 6 heteroatoms. The zero-order valence-electron chi connectivity index (χ0n) is 15.5. The van der Waals surface area contributed by atoms with Gasteiger partial charge >= 0.3 is 11.9 Å². The first-order valence-electron chi connectivity index (χ1n) is 8.47. The summed E-state index contributed by atoms with van der Waals surface area (Å²) in [5.74, 6) is 0.123. The Labute approximate surface area is 163 Å². The number of rotatable bonds is 7. The predicted octanol–water partition coefficient (Wildman–Crippen LogP) is 4.39. The lowest BCUT2D eigenvalue weighted by Gasteiger charge is -2.31. The van der Waals surface area contributed by atoms with Gasteiger partial charge in [-0.25, -0.2) is 0 Å². The molecule has 2 rings (SSSR count). The number of hydrogen-bond donors (Lipinski definition) is 0. The van der Waals surface area contributed by atoms with Crippen molar-refractivity contribution in [1.29, 1.82) is 0 Å². The maximum Gasteiger partial charge on any atom is 0.308 e. The van der Waals surface area contributed by atoms with Gasteiger partial charge in [-0.3, -0.25) is 14.4 Å². The Bertz CT molecular complexity index is 765. The normalized spacial score (nSPS) is 11.0. The number of ether oxygens (including phenoxy) is 2. The van der Waals surface area contributed by atoms with Gasteiger partial charge in [0, 0.05) is 25.7 Å². The molecule has 0 aliphatic rings. The van der Waals surface area contributed by atoms with Crippen LogP contribution in [0.15, 0.2) is 48.5 Å². The maximum atomic E-state index is 11.4. The Balaban J connectivity index is 2.37. The fraction of sp³-hybridized carbons (Fsp3) is 0.286. The predicted molar refractivity (Wildman–Crippen MR) is 102 cm³/mol. The molecule has 2 aromatic carbocycles. The standard InChI is InChI=1S/C21H21ClO5/c1-14(23)26-18-8-4-16(5-9-18)21(3,13-12-20(22)25)17-6-10-19(11-7-17)27-15(2)24/h4-11H,12-13H2,1-3H3. The largest absolute Gasteiger partial charge is 0.427 e. The van der Waals surface area contributed by atoms with E-state index in [9.17, 15) is 14.4 Å². The van der Waals surface area contributed by atoms with Crippen LogP contribution < -0.4 is 9.47 Å². The van der Waals surface area contributed by atoms with Crippen LogP contribution in [0, 0.1) is 0 Å². The third-order valence-electron chi connectivity index (χ3n) is 4.33. The molecule has 0 unspecified atom stereocenters. The van der Waals surface area contributed by atoms with E-state index in [1.54, 1.807) is 24.3 Å². The lowest BCUT2D eigenvalue weighted by Crippen LogP contribution is -2.24. The van der Waals surface area contributed by atoms with Crippen molar-refractivity contribution < 1.29 is 23.9 Å². The fourth-order valence-electron chi connectivity index (χ4n) is 2.92. The minimum atomic E-state index is -0.506. The molecule has 0 spiro atoms. The third kappa shape index (κ3) is 5.66. The Hall–Kier alpha value is -2.66. The Morgan fingerprint density at radius 3 is 1.48 bits per heavy atom. The van der Waals surface area contributed by atoms with Gasteiger partial charge in [-0.15, -0.1) is 0 Å². The summed E-state index contributed by atoms with van der Waals surface area (Å²) in [5.41, 5.74) is 1.38. The Morgan fingerprint density at radius 2 is 1.19 bits per heavy atom. The van der Waals surface area contributed by atoms with Gasteiger partial charge in [0.1, 0.15) is 11.5 Å². The maximum absolute atomic E-state index is 11.4. The van der Waals surface area contributed by atoms with Crippen LogP contribution in [-0.4, -0.2) is 17.2 Å². The summed E-state index contributed by atoms with van der Waals surface area (Å²) in [5, 5.41) is -0.408. The van der Waals surface area contributed by atoms with E-state index in [0.29, 0.717) is 17.9 Å². The Kier molecular flexibility index (Phi) is 6.75. The molecule has 0 aromatic heterocycles. The first-order valence-corrected chi connectivity index (χ1v) is 8.85. The first-order chi connectivity index (χ1) is 12.7. The SMILES string of the molecule is CC(=O)Oc1ccc(C(C)(CCC(=O)Cl)c2ccc(OC(C)=O)cc2)cc1. The van der Waals surface area contributed by atoms with Gasteiger partial charge in [-0.05, 0) is 53.4 Å². The highest BCUT2D eigenvalue weighted by Crippen LogP contribution is 2.38. The van der Waals surface area contributed by atoms with Crippen LogP contribution in [0.1, 0.15) is 44.7 Å². The van der Waals surface area contributed by atoms with E-state index in [-0.39, 0.29) is 18.4 Å². The van der Waals surface area contributed by atoms with E-state index < -0.39 is 10.7 Å². The minimum absolute atomic E-state index is 0.204. The van der Waals surface area contributed by atoms with Crippen LogP contribution in [0.4, 0.5) is 0 Å². The average Bonchev–Trinajstić information content (AvgIpc) is 2.60. The molecule has 0 aliphatic heterocycles. The van der Waals surface area contributed by atoms with Crippen LogP contribution in [0.25, 0.3) is 0 Å². The molecule has 0 fully saturated rings. The lowest BCUT2D eigenvalue weighted by molar-refractivity contribution is -0.132. The van der Waals surface area contributed by atoms with E-state index >= 15 is 0 Å². The molecule has 0 bridgehead atoms. The van der Waals surface area contributed by atoms with Crippen molar-refractivity contribution >= 4 is 28.8 Å². The van der Waals surface area contributed by atoms with Crippen LogP contribution in [0.5, 0.6) is 11.5 Å². The van der Waals surface area contributed by atoms with Crippen molar-refractivity contribution in [2.45, 2.75) is 39.0 Å². The van der Waals surface area contributed by atoms with Gasteiger partial charge in [0.05, 0.1) is 0 Å². The second-order valence-electron chi connectivity index (χ2n) is 6.42. The van der Waals surface area contributed by atoms with Gasteiger partial charge in [-0.2, -0.15) is 0 Å². The smallest absolute Gasteiger partial charge is 0.308 e. The highest BCUT2D eigenvalue weighted by Gasteiger charge is 2.29. The summed E-state index contributed by atoms with van der Waals surface area (Å²) >= 11 is 5.57. The number of benzene rings is 2. The molecule has 0 N–H and O–H groups in total. The molecule has 0 aliphatic carbocycles. The summed E-state index contributed by atoms with van der Waals surface area (Å²) in [6.07, 6.45) is 0.699. The molecular weight excluding hydrogens is 368 g/mol. The quantitative estimate of drug-likeness (QED) is 0.399. The molecule has 142 valence electrons. The zero-order valence-corrected chi connectivity index (χ0v) is 16.2. The third-order valence-corrected chi connectivity index (χ3v) is 4.52. The summed E-state index contributed by atoms with van der Waals surface area (Å²) < 4.78 is 10.2. The van der Waals surface area contributed by atoms with Gasteiger partial charge in [-0.1, -0.05) is 31.2 Å². The monoisotopic (exact) mass is 388 g/mol. The average molecular weight is 389 g/mol. The van der Waals surface area contributed by atoms with Crippen molar-refractivity contribution in [2.24, 2.45) is 0 Å². The van der Waals surface area contributed by atoms with Crippen molar-refractivity contribution in [1.82, 2.24) is 0 Å². The number of esters is 2. The highest BCUT2D eigenvalue weighted by molar-refractivity contribution is 6.63. The Morgan fingerprint density at radius 1 is 0.815 bits per heavy atom. The topological polar surface area (TPSA) is 69.7 Å². The molecule has 2 aromatic rings. The van der Waals surface area contributed by atoms with E-state index in [1.807, 2.05) is 31.2 Å². The molecule has 27 heavy (non-hydrogen) atoms. The van der Waals surface area contributed by atoms with Gasteiger partial charge < -0.3 is 9.47 Å². The lowest BCUT2D eigenvalue weighted by atomic mass is 9.73. The number of halogens is 1. The highest BCUT2D eigenvalue weighted by atomic mass is 35.5. The molecular formula is C21H21ClO5. The van der Waals surface area contributed by atoms with Crippen LogP contribution >= 0.6 is 11.6 Å². The summed E-state index contributed by atoms with van der Waals surface area (Å²) in [4.78, 5) is 33.5. The van der Waals surface area contributed by atoms with Crippen molar-refractivity contribution in [3.8, 4) is 11.5 Å². The molecule has 0 saturated heterocycles. The van der Waals surface area contributed by atoms with E-state index in [4.69, 9.17) is 21.1 Å². The molecule has 0 amide bonds. The number of carbonyl (C=O) groups excluding carboxylic acids is 3. The molecule has 5 nitrogen and oxygen atoms in total. The molecule has 0 saturated carbocycles. The van der Waals surface area contributed by atoms with E-state index in [1.165, 1.54) is 13.8 Å². The molecule has 0 heterocycles. The summed E-state index contributed by atoms with van der Waals surface area (Å²) in [6, 6.07) is 14.3. The van der Waals surface area contributed by atoms with Crippen LogP contribution in [0.3, 0.4) is 0 Å². The van der Waals surface area contributed by atoms with Crippen molar-refractivity contribution in [2.75, 3.05) is 0 Å². The minimum Gasteiger partial charge on any atom is -0.427 e. The van der Waals surface area contributed by atoms with Gasteiger partial charge in [0.15, 0.2) is 0 Å².